The highest BCUT2D eigenvalue weighted by Crippen LogP contribution is 2.28. The van der Waals surface area contributed by atoms with Gasteiger partial charge in [0.25, 0.3) is 5.91 Å². The first-order chi connectivity index (χ1) is 16.6. The number of nitrogens with two attached hydrogens (primary N) is 1. The van der Waals surface area contributed by atoms with Crippen LogP contribution in [-0.2, 0) is 13.0 Å². The lowest BCUT2D eigenvalue weighted by Gasteiger charge is -2.33. The van der Waals surface area contributed by atoms with Crippen LogP contribution in [0.2, 0.25) is 0 Å². The Morgan fingerprint density at radius 3 is 2.82 bits per heavy atom. The molecule has 2 aliphatic rings. The number of piperidine rings is 1. The molecule has 0 radical (unpaired) electrons. The molecule has 174 valence electrons. The van der Waals surface area contributed by atoms with Gasteiger partial charge in [-0.2, -0.15) is 0 Å². The van der Waals surface area contributed by atoms with Crippen molar-refractivity contribution in [3.63, 3.8) is 0 Å². The summed E-state index contributed by atoms with van der Waals surface area (Å²) in [4.78, 5) is 19.5. The molecule has 1 saturated heterocycles. The minimum Gasteiger partial charge on any atom is -0.493 e. The lowest BCUT2D eigenvalue weighted by Crippen LogP contribution is -2.47. The van der Waals surface area contributed by atoms with Crippen LogP contribution in [-0.4, -0.2) is 47.2 Å². The van der Waals surface area contributed by atoms with Crippen LogP contribution < -0.4 is 15.8 Å². The monoisotopic (exact) mass is 455 g/mol. The molecule has 7 heteroatoms. The second-order valence-corrected chi connectivity index (χ2v) is 9.00. The molecule has 0 saturated carbocycles. The second-order valence-electron chi connectivity index (χ2n) is 9.00. The number of anilines is 1. The molecule has 1 fully saturated rings. The van der Waals surface area contributed by atoms with Gasteiger partial charge in [0.05, 0.1) is 12.3 Å². The fraction of sp³-hybridized carbons (Fsp3) is 0.296. The second kappa shape index (κ2) is 9.65. The van der Waals surface area contributed by atoms with E-state index in [-0.39, 0.29) is 11.9 Å². The number of nitrogen functional groups attached to an aromatic ring is 1. The summed E-state index contributed by atoms with van der Waals surface area (Å²) in [5, 5.41) is 11.9. The van der Waals surface area contributed by atoms with E-state index in [0.29, 0.717) is 29.1 Å². The fourth-order valence-corrected chi connectivity index (χ4v) is 4.74. The molecule has 0 unspecified atom stereocenters. The first-order valence-electron chi connectivity index (χ1n) is 11.7. The van der Waals surface area contributed by atoms with Gasteiger partial charge in [-0.3, -0.25) is 20.1 Å². The van der Waals surface area contributed by atoms with Gasteiger partial charge in [0.2, 0.25) is 0 Å². The molecular weight excluding hydrogens is 426 g/mol. The summed E-state index contributed by atoms with van der Waals surface area (Å²) >= 11 is 0. The lowest BCUT2D eigenvalue weighted by atomic mass is 9.96. The Morgan fingerprint density at radius 2 is 1.97 bits per heavy atom. The lowest BCUT2D eigenvalue weighted by molar-refractivity contribution is 0.0901. The smallest absolute Gasteiger partial charge is 0.251 e. The summed E-state index contributed by atoms with van der Waals surface area (Å²) in [6, 6.07) is 15.1. The van der Waals surface area contributed by atoms with Crippen LogP contribution in [0.25, 0.3) is 0 Å². The molecule has 3 aromatic rings. The number of carbonyl (C=O) groups is 1. The number of hydrogen-bond acceptors (Lipinski definition) is 6. The van der Waals surface area contributed by atoms with Crippen molar-refractivity contribution in [2.24, 2.45) is 0 Å². The van der Waals surface area contributed by atoms with Crippen LogP contribution in [0.1, 0.15) is 45.5 Å². The van der Waals surface area contributed by atoms with Crippen molar-refractivity contribution in [2.45, 2.75) is 31.8 Å². The molecule has 0 bridgehead atoms. The molecule has 2 aromatic carbocycles. The zero-order chi connectivity index (χ0) is 23.5. The number of pyridine rings is 1. The van der Waals surface area contributed by atoms with Crippen molar-refractivity contribution >= 4 is 17.3 Å². The minimum absolute atomic E-state index is 0.0836. The van der Waals surface area contributed by atoms with Crippen molar-refractivity contribution in [3.05, 3.63) is 88.7 Å². The van der Waals surface area contributed by atoms with Gasteiger partial charge in [0, 0.05) is 60.3 Å². The molecule has 3 heterocycles. The van der Waals surface area contributed by atoms with Crippen LogP contribution in [0.15, 0.2) is 60.9 Å². The first kappa shape index (κ1) is 22.1. The van der Waals surface area contributed by atoms with Crippen molar-refractivity contribution in [3.8, 4) is 5.75 Å². The molecule has 1 atom stereocenters. The van der Waals surface area contributed by atoms with Crippen LogP contribution >= 0.6 is 0 Å². The van der Waals surface area contributed by atoms with E-state index in [2.05, 4.69) is 15.2 Å². The van der Waals surface area contributed by atoms with Crippen molar-refractivity contribution in [1.82, 2.24) is 15.2 Å². The molecule has 7 nitrogen and oxygen atoms in total. The van der Waals surface area contributed by atoms with E-state index < -0.39 is 0 Å². The number of benzene rings is 2. The van der Waals surface area contributed by atoms with Crippen molar-refractivity contribution < 1.29 is 9.53 Å². The molecule has 1 aromatic heterocycles. The van der Waals surface area contributed by atoms with Crippen molar-refractivity contribution in [1.29, 1.82) is 5.41 Å². The van der Waals surface area contributed by atoms with Crippen LogP contribution in [0.5, 0.6) is 5.75 Å². The number of ether oxygens (including phenoxy) is 1. The maximum absolute atomic E-state index is 13.1. The number of nitrogens with zero attached hydrogens (tertiary/aromatic N) is 2. The summed E-state index contributed by atoms with van der Waals surface area (Å²) in [6.45, 7) is 3.35. The maximum atomic E-state index is 13.1. The number of hydrogen-bond donors (Lipinski definition) is 3. The van der Waals surface area contributed by atoms with E-state index in [1.807, 2.05) is 42.7 Å². The Bertz CT molecular complexity index is 1210. The van der Waals surface area contributed by atoms with E-state index in [1.54, 1.807) is 18.2 Å². The number of amides is 1. The molecule has 0 spiro atoms. The summed E-state index contributed by atoms with van der Waals surface area (Å²) in [5.41, 5.74) is 11.2. The number of aromatic nitrogens is 1. The largest absolute Gasteiger partial charge is 0.493 e. The van der Waals surface area contributed by atoms with Gasteiger partial charge < -0.3 is 15.8 Å². The van der Waals surface area contributed by atoms with E-state index in [1.165, 1.54) is 5.56 Å². The predicted molar refractivity (Wildman–Crippen MR) is 132 cm³/mol. The molecule has 5 rings (SSSR count). The summed E-state index contributed by atoms with van der Waals surface area (Å²) in [7, 11) is 0. The highest BCUT2D eigenvalue weighted by molar-refractivity contribution is 6.15. The molecular formula is C27H29N5O2. The Hall–Kier alpha value is -3.71. The van der Waals surface area contributed by atoms with Gasteiger partial charge in [-0.05, 0) is 79.0 Å². The average molecular weight is 456 g/mol. The zero-order valence-electron chi connectivity index (χ0n) is 19.1. The standard InChI is InChI=1S/C27H29N5O2/c28-24-5-3-21(15-23(24)26(29)20-4-6-25-19(14-20)9-13-34-25)27(33)31-22-2-1-12-32(17-22)16-18-7-10-30-11-8-18/h3-8,10-11,14-15,22,29H,1-2,9,12-13,16-17,28H2,(H,31,33)/t22-/m1/s1. The number of rotatable bonds is 6. The zero-order valence-corrected chi connectivity index (χ0v) is 19.1. The number of carbonyl (C=O) groups excluding carboxylic acids is 1. The molecule has 1 amide bonds. The third-order valence-electron chi connectivity index (χ3n) is 6.56. The number of likely N-dealkylation sites (tertiary alicyclic amines) is 1. The highest BCUT2D eigenvalue weighted by Gasteiger charge is 2.23. The summed E-state index contributed by atoms with van der Waals surface area (Å²) in [5.74, 6) is 0.746. The van der Waals surface area contributed by atoms with Crippen LogP contribution in [0, 0.1) is 5.41 Å². The van der Waals surface area contributed by atoms with Gasteiger partial charge in [-0.15, -0.1) is 0 Å². The van der Waals surface area contributed by atoms with Gasteiger partial charge in [-0.25, -0.2) is 0 Å². The number of fused-ring (bicyclic) bond motifs is 1. The van der Waals surface area contributed by atoms with E-state index >= 15 is 0 Å². The fourth-order valence-electron chi connectivity index (χ4n) is 4.74. The topological polar surface area (TPSA) is 104 Å². The number of nitrogens with one attached hydrogen (secondary N) is 2. The SMILES string of the molecule is N=C(c1ccc2c(c1)CCO2)c1cc(C(=O)N[C@@H]2CCCN(Cc3ccncc3)C2)ccc1N. The Morgan fingerprint density at radius 1 is 1.15 bits per heavy atom. The Labute approximate surface area is 199 Å². The molecule has 0 aliphatic carbocycles. The molecule has 34 heavy (non-hydrogen) atoms. The van der Waals surface area contributed by atoms with Crippen LogP contribution in [0.4, 0.5) is 5.69 Å². The summed E-state index contributed by atoms with van der Waals surface area (Å²) < 4.78 is 5.57. The maximum Gasteiger partial charge on any atom is 0.251 e. The highest BCUT2D eigenvalue weighted by atomic mass is 16.5. The molecule has 4 N–H and O–H groups in total. The van der Waals surface area contributed by atoms with Gasteiger partial charge in [0.1, 0.15) is 5.75 Å². The first-order valence-corrected chi connectivity index (χ1v) is 11.7. The average Bonchev–Trinajstić information content (AvgIpc) is 3.33. The van der Waals surface area contributed by atoms with Crippen molar-refractivity contribution in [2.75, 3.05) is 25.4 Å². The summed E-state index contributed by atoms with van der Waals surface area (Å²) in [6.07, 6.45) is 6.45. The van der Waals surface area contributed by atoms with E-state index in [4.69, 9.17) is 15.9 Å². The third kappa shape index (κ3) is 4.79. The Balaban J connectivity index is 1.27. The van der Waals surface area contributed by atoms with E-state index in [9.17, 15) is 4.79 Å². The Kier molecular flexibility index (Phi) is 6.27. The minimum atomic E-state index is -0.132. The van der Waals surface area contributed by atoms with Gasteiger partial charge in [0.15, 0.2) is 0 Å². The quantitative estimate of drug-likeness (QED) is 0.390. The van der Waals surface area contributed by atoms with E-state index in [0.717, 1.165) is 55.8 Å². The molecule has 2 aliphatic heterocycles. The predicted octanol–water partition coefficient (Wildman–Crippen LogP) is 3.41. The van der Waals surface area contributed by atoms with Crippen LogP contribution in [0.3, 0.4) is 0 Å². The third-order valence-corrected chi connectivity index (χ3v) is 6.56. The van der Waals surface area contributed by atoms with Gasteiger partial charge in [-0.1, -0.05) is 0 Å². The van der Waals surface area contributed by atoms with Gasteiger partial charge >= 0.3 is 0 Å². The normalized spacial score (nSPS) is 17.6.